The summed E-state index contributed by atoms with van der Waals surface area (Å²) in [6.45, 7) is 0.225. The number of methoxy groups -OCH3 is 1. The summed E-state index contributed by atoms with van der Waals surface area (Å²) >= 11 is 0. The number of aliphatic carboxylic acids is 1. The normalized spacial score (nSPS) is 16.7. The summed E-state index contributed by atoms with van der Waals surface area (Å²) in [5, 5.41) is 12.1. The fraction of sp³-hybridized carbons (Fsp3) is 0.300. The fourth-order valence-corrected chi connectivity index (χ4v) is 3.01. The van der Waals surface area contributed by atoms with Gasteiger partial charge in [-0.2, -0.15) is 0 Å². The molecule has 0 fully saturated rings. The molecular weight excluding hydrogens is 334 g/mol. The van der Waals surface area contributed by atoms with Crippen LogP contribution in [0.4, 0.5) is 0 Å². The van der Waals surface area contributed by atoms with Crippen LogP contribution < -0.4 is 14.8 Å². The maximum absolute atomic E-state index is 12.6. The lowest BCUT2D eigenvalue weighted by Gasteiger charge is -2.26. The summed E-state index contributed by atoms with van der Waals surface area (Å²) in [7, 11) is 1.58. The van der Waals surface area contributed by atoms with Crippen LogP contribution in [0.1, 0.15) is 11.1 Å². The van der Waals surface area contributed by atoms with Gasteiger partial charge in [-0.05, 0) is 35.7 Å². The van der Waals surface area contributed by atoms with Crippen LogP contribution in [-0.4, -0.2) is 36.7 Å². The third-order valence-electron chi connectivity index (χ3n) is 4.44. The van der Waals surface area contributed by atoms with E-state index in [9.17, 15) is 14.7 Å². The minimum absolute atomic E-state index is 0.225. The van der Waals surface area contributed by atoms with E-state index in [-0.39, 0.29) is 18.9 Å². The maximum Gasteiger partial charge on any atom is 0.326 e. The van der Waals surface area contributed by atoms with E-state index in [1.54, 1.807) is 13.2 Å². The number of fused-ring (bicyclic) bond motifs is 1. The van der Waals surface area contributed by atoms with Crippen molar-refractivity contribution in [3.63, 3.8) is 0 Å². The highest BCUT2D eigenvalue weighted by Gasteiger charge is 2.29. The molecule has 6 heteroatoms. The largest absolute Gasteiger partial charge is 0.497 e. The van der Waals surface area contributed by atoms with Gasteiger partial charge in [-0.1, -0.05) is 30.3 Å². The van der Waals surface area contributed by atoms with Gasteiger partial charge in [0, 0.05) is 6.42 Å². The standard InChI is InChI=1S/C20H21NO5/c1-25-16-7-8-18-14(11-16)10-15(12-26-18)19(22)21-17(20(23)24)9-13-5-3-2-4-6-13/h2-8,11,15,17H,9-10,12H2,1H3,(H,21,22)(H,23,24). The Kier molecular flexibility index (Phi) is 5.41. The Labute approximate surface area is 151 Å². The molecule has 6 nitrogen and oxygen atoms in total. The van der Waals surface area contributed by atoms with E-state index in [0.29, 0.717) is 12.2 Å². The lowest BCUT2D eigenvalue weighted by Crippen LogP contribution is -2.47. The number of carbonyl (C=O) groups excluding carboxylic acids is 1. The Morgan fingerprint density at radius 2 is 2.04 bits per heavy atom. The molecule has 0 radical (unpaired) electrons. The first-order chi connectivity index (χ1) is 12.6. The molecule has 1 aliphatic heterocycles. The highest BCUT2D eigenvalue weighted by Crippen LogP contribution is 2.30. The van der Waals surface area contributed by atoms with E-state index in [4.69, 9.17) is 9.47 Å². The molecule has 3 rings (SSSR count). The number of ether oxygens (including phenoxy) is 2. The highest BCUT2D eigenvalue weighted by atomic mass is 16.5. The number of hydrogen-bond donors (Lipinski definition) is 2. The van der Waals surface area contributed by atoms with Crippen molar-refractivity contribution in [2.45, 2.75) is 18.9 Å². The van der Waals surface area contributed by atoms with Crippen molar-refractivity contribution in [2.75, 3.05) is 13.7 Å². The van der Waals surface area contributed by atoms with Crippen LogP contribution in [0.25, 0.3) is 0 Å². The van der Waals surface area contributed by atoms with Gasteiger partial charge >= 0.3 is 5.97 Å². The van der Waals surface area contributed by atoms with Crippen LogP contribution in [-0.2, 0) is 22.4 Å². The molecule has 26 heavy (non-hydrogen) atoms. The second kappa shape index (κ2) is 7.91. The summed E-state index contributed by atoms with van der Waals surface area (Å²) in [6, 6.07) is 13.7. The predicted molar refractivity (Wildman–Crippen MR) is 95.4 cm³/mol. The van der Waals surface area contributed by atoms with Crippen LogP contribution in [0.15, 0.2) is 48.5 Å². The van der Waals surface area contributed by atoms with Crippen molar-refractivity contribution in [1.82, 2.24) is 5.32 Å². The van der Waals surface area contributed by atoms with E-state index in [2.05, 4.69) is 5.32 Å². The Hall–Kier alpha value is -3.02. The lowest BCUT2D eigenvalue weighted by atomic mass is 9.95. The summed E-state index contributed by atoms with van der Waals surface area (Å²) in [6.07, 6.45) is 0.718. The molecule has 0 aromatic heterocycles. The van der Waals surface area contributed by atoms with Gasteiger partial charge in [0.25, 0.3) is 0 Å². The molecule has 1 heterocycles. The number of rotatable bonds is 6. The minimum atomic E-state index is -1.05. The molecule has 0 bridgehead atoms. The Bertz CT molecular complexity index is 790. The average Bonchev–Trinajstić information content (AvgIpc) is 2.67. The summed E-state index contributed by atoms with van der Waals surface area (Å²) < 4.78 is 10.9. The Morgan fingerprint density at radius 3 is 2.73 bits per heavy atom. The van der Waals surface area contributed by atoms with Crippen LogP contribution >= 0.6 is 0 Å². The van der Waals surface area contributed by atoms with Gasteiger partial charge in [-0.25, -0.2) is 4.79 Å². The second-order valence-electron chi connectivity index (χ2n) is 6.27. The SMILES string of the molecule is COc1ccc2c(c1)CC(C(=O)NC(Cc1ccccc1)C(=O)O)CO2. The third-order valence-corrected chi connectivity index (χ3v) is 4.44. The van der Waals surface area contributed by atoms with Crippen molar-refractivity contribution < 1.29 is 24.2 Å². The van der Waals surface area contributed by atoms with Gasteiger partial charge < -0.3 is 19.9 Å². The van der Waals surface area contributed by atoms with Crippen molar-refractivity contribution in [3.8, 4) is 11.5 Å². The molecule has 0 saturated carbocycles. The Morgan fingerprint density at radius 1 is 1.27 bits per heavy atom. The number of amides is 1. The molecule has 1 amide bonds. The number of carbonyl (C=O) groups is 2. The van der Waals surface area contributed by atoms with E-state index in [0.717, 1.165) is 16.9 Å². The van der Waals surface area contributed by atoms with Gasteiger partial charge in [0.05, 0.1) is 13.0 Å². The van der Waals surface area contributed by atoms with Crippen molar-refractivity contribution >= 4 is 11.9 Å². The molecule has 0 aliphatic carbocycles. The molecule has 2 unspecified atom stereocenters. The van der Waals surface area contributed by atoms with Crippen molar-refractivity contribution in [2.24, 2.45) is 5.92 Å². The van der Waals surface area contributed by atoms with Crippen molar-refractivity contribution in [3.05, 3.63) is 59.7 Å². The van der Waals surface area contributed by atoms with Crippen LogP contribution in [0, 0.1) is 5.92 Å². The smallest absolute Gasteiger partial charge is 0.326 e. The molecule has 1 aliphatic rings. The molecule has 2 aromatic carbocycles. The predicted octanol–water partition coefficient (Wildman–Crippen LogP) is 2.06. The lowest BCUT2D eigenvalue weighted by molar-refractivity contribution is -0.142. The molecule has 0 saturated heterocycles. The van der Waals surface area contributed by atoms with Gasteiger partial charge in [0.1, 0.15) is 24.1 Å². The molecule has 136 valence electrons. The summed E-state index contributed by atoms with van der Waals surface area (Å²) in [5.41, 5.74) is 1.74. The molecule has 0 spiro atoms. The first-order valence-corrected chi connectivity index (χ1v) is 8.43. The topological polar surface area (TPSA) is 84.9 Å². The minimum Gasteiger partial charge on any atom is -0.497 e. The molecular formula is C20H21NO5. The van der Waals surface area contributed by atoms with Gasteiger partial charge in [0.2, 0.25) is 5.91 Å². The van der Waals surface area contributed by atoms with Crippen molar-refractivity contribution in [1.29, 1.82) is 0 Å². The zero-order valence-electron chi connectivity index (χ0n) is 14.5. The van der Waals surface area contributed by atoms with Crippen LogP contribution in [0.5, 0.6) is 11.5 Å². The number of hydrogen-bond acceptors (Lipinski definition) is 4. The summed E-state index contributed by atoms with van der Waals surface area (Å²) in [5.74, 6) is -0.384. The number of carboxylic acid groups (broad SMARTS) is 1. The average molecular weight is 355 g/mol. The van der Waals surface area contributed by atoms with E-state index < -0.39 is 17.9 Å². The van der Waals surface area contributed by atoms with Gasteiger partial charge in [0.15, 0.2) is 0 Å². The number of benzene rings is 2. The first kappa shape index (κ1) is 17.8. The molecule has 2 N–H and O–H groups in total. The highest BCUT2D eigenvalue weighted by molar-refractivity contribution is 5.85. The fourth-order valence-electron chi connectivity index (χ4n) is 3.01. The number of carboxylic acids is 1. The van der Waals surface area contributed by atoms with Crippen LogP contribution in [0.3, 0.4) is 0 Å². The van der Waals surface area contributed by atoms with E-state index >= 15 is 0 Å². The van der Waals surface area contributed by atoms with Gasteiger partial charge in [-0.3, -0.25) is 4.79 Å². The Balaban J connectivity index is 1.67. The monoisotopic (exact) mass is 355 g/mol. The first-order valence-electron chi connectivity index (χ1n) is 8.43. The zero-order chi connectivity index (χ0) is 18.5. The quantitative estimate of drug-likeness (QED) is 0.828. The van der Waals surface area contributed by atoms with Crippen LogP contribution in [0.2, 0.25) is 0 Å². The number of nitrogens with one attached hydrogen (secondary N) is 1. The second-order valence-corrected chi connectivity index (χ2v) is 6.27. The van der Waals surface area contributed by atoms with Gasteiger partial charge in [-0.15, -0.1) is 0 Å². The zero-order valence-corrected chi connectivity index (χ0v) is 14.5. The maximum atomic E-state index is 12.6. The van der Waals surface area contributed by atoms with E-state index in [1.807, 2.05) is 42.5 Å². The summed E-state index contributed by atoms with van der Waals surface area (Å²) in [4.78, 5) is 24.1. The molecule has 2 aromatic rings. The molecule has 2 atom stereocenters. The van der Waals surface area contributed by atoms with E-state index in [1.165, 1.54) is 0 Å². The third kappa shape index (κ3) is 4.14.